The van der Waals surface area contributed by atoms with E-state index in [-0.39, 0.29) is 5.28 Å². The Balaban J connectivity index is 1.96. The SMILES string of the molecule is CCOc1cccc(Oc2nc(Cl)nc3sccc23)c1. The molecule has 3 rings (SSSR count). The lowest BCUT2D eigenvalue weighted by Crippen LogP contribution is -1.93. The maximum Gasteiger partial charge on any atom is 0.232 e. The molecule has 0 saturated carbocycles. The van der Waals surface area contributed by atoms with Crippen LogP contribution in [-0.2, 0) is 0 Å². The summed E-state index contributed by atoms with van der Waals surface area (Å²) in [5, 5.41) is 2.95. The van der Waals surface area contributed by atoms with E-state index in [1.807, 2.05) is 42.6 Å². The summed E-state index contributed by atoms with van der Waals surface area (Å²) in [6, 6.07) is 9.32. The molecule has 0 unspecified atom stereocenters. The molecule has 0 amide bonds. The number of fused-ring (bicyclic) bond motifs is 1. The minimum atomic E-state index is 0.177. The average Bonchev–Trinajstić information content (AvgIpc) is 2.87. The van der Waals surface area contributed by atoms with Crippen LogP contribution in [-0.4, -0.2) is 16.6 Å². The number of hydrogen-bond acceptors (Lipinski definition) is 5. The minimum absolute atomic E-state index is 0.177. The standard InChI is InChI=1S/C14H11ClN2O2S/c1-2-18-9-4-3-5-10(8-9)19-12-11-6-7-20-13(11)17-14(15)16-12/h3-8H,2H2,1H3. The van der Waals surface area contributed by atoms with Gasteiger partial charge >= 0.3 is 0 Å². The van der Waals surface area contributed by atoms with Crippen molar-refractivity contribution in [2.45, 2.75) is 6.92 Å². The van der Waals surface area contributed by atoms with Crippen LogP contribution >= 0.6 is 22.9 Å². The Bertz CT molecular complexity index is 745. The van der Waals surface area contributed by atoms with Crippen LogP contribution in [0.4, 0.5) is 0 Å². The van der Waals surface area contributed by atoms with Gasteiger partial charge in [0.2, 0.25) is 11.2 Å². The van der Waals surface area contributed by atoms with E-state index in [9.17, 15) is 0 Å². The average molecular weight is 307 g/mol. The van der Waals surface area contributed by atoms with Crippen molar-refractivity contribution in [1.82, 2.24) is 9.97 Å². The molecule has 0 radical (unpaired) electrons. The van der Waals surface area contributed by atoms with Crippen LogP contribution < -0.4 is 9.47 Å². The van der Waals surface area contributed by atoms with E-state index < -0.39 is 0 Å². The van der Waals surface area contributed by atoms with E-state index in [2.05, 4.69) is 9.97 Å². The van der Waals surface area contributed by atoms with Crippen LogP contribution in [0.1, 0.15) is 6.92 Å². The minimum Gasteiger partial charge on any atom is -0.494 e. The van der Waals surface area contributed by atoms with Crippen molar-refractivity contribution in [3.8, 4) is 17.4 Å². The van der Waals surface area contributed by atoms with Crippen molar-refractivity contribution in [2.75, 3.05) is 6.61 Å². The van der Waals surface area contributed by atoms with Gasteiger partial charge in [0.15, 0.2) is 0 Å². The second kappa shape index (κ2) is 5.64. The molecule has 20 heavy (non-hydrogen) atoms. The van der Waals surface area contributed by atoms with Crippen molar-refractivity contribution >= 4 is 33.2 Å². The summed E-state index contributed by atoms with van der Waals surface area (Å²) in [5.74, 6) is 1.86. The molecule has 0 aliphatic carbocycles. The molecule has 2 heterocycles. The van der Waals surface area contributed by atoms with E-state index in [1.165, 1.54) is 11.3 Å². The van der Waals surface area contributed by atoms with Crippen LogP contribution in [0.25, 0.3) is 10.2 Å². The molecule has 1 aromatic carbocycles. The Morgan fingerprint density at radius 2 is 2.05 bits per heavy atom. The van der Waals surface area contributed by atoms with Crippen LogP contribution in [0.15, 0.2) is 35.7 Å². The predicted molar refractivity (Wildman–Crippen MR) is 80.1 cm³/mol. The molecule has 0 saturated heterocycles. The van der Waals surface area contributed by atoms with Crippen molar-refractivity contribution in [3.05, 3.63) is 41.0 Å². The van der Waals surface area contributed by atoms with Gasteiger partial charge in [-0.1, -0.05) is 6.07 Å². The van der Waals surface area contributed by atoms with Crippen LogP contribution in [0.5, 0.6) is 17.4 Å². The molecule has 0 bridgehead atoms. The van der Waals surface area contributed by atoms with Crippen LogP contribution in [0.3, 0.4) is 0 Å². The summed E-state index contributed by atoms with van der Waals surface area (Å²) < 4.78 is 11.3. The van der Waals surface area contributed by atoms with Gasteiger partial charge in [0, 0.05) is 6.07 Å². The van der Waals surface area contributed by atoms with E-state index in [1.54, 1.807) is 0 Å². The van der Waals surface area contributed by atoms with Gasteiger partial charge in [0.1, 0.15) is 16.3 Å². The van der Waals surface area contributed by atoms with Crippen LogP contribution in [0, 0.1) is 0 Å². The fraction of sp³-hybridized carbons (Fsp3) is 0.143. The maximum atomic E-state index is 5.91. The van der Waals surface area contributed by atoms with Gasteiger partial charge in [0.05, 0.1) is 12.0 Å². The number of hydrogen-bond donors (Lipinski definition) is 0. The van der Waals surface area contributed by atoms with Gasteiger partial charge in [-0.3, -0.25) is 0 Å². The highest BCUT2D eigenvalue weighted by Gasteiger charge is 2.10. The van der Waals surface area contributed by atoms with E-state index in [4.69, 9.17) is 21.1 Å². The van der Waals surface area contributed by atoms with Crippen LogP contribution in [0.2, 0.25) is 5.28 Å². The normalized spacial score (nSPS) is 10.7. The first-order valence-corrected chi connectivity index (χ1v) is 7.33. The van der Waals surface area contributed by atoms with Crippen molar-refractivity contribution in [2.24, 2.45) is 0 Å². The number of benzene rings is 1. The number of ether oxygens (including phenoxy) is 2. The third-order valence-corrected chi connectivity index (χ3v) is 3.57. The molecule has 2 aromatic heterocycles. The molecule has 0 N–H and O–H groups in total. The molecule has 0 aliphatic rings. The van der Waals surface area contributed by atoms with Crippen molar-refractivity contribution < 1.29 is 9.47 Å². The van der Waals surface area contributed by atoms with Gasteiger partial charge in [-0.2, -0.15) is 4.98 Å². The lowest BCUT2D eigenvalue weighted by Gasteiger charge is -2.08. The zero-order valence-corrected chi connectivity index (χ0v) is 12.2. The van der Waals surface area contributed by atoms with E-state index in [0.29, 0.717) is 18.2 Å². The molecule has 102 valence electrons. The molecule has 6 heteroatoms. The topological polar surface area (TPSA) is 44.2 Å². The Morgan fingerprint density at radius 3 is 2.90 bits per heavy atom. The molecular weight excluding hydrogens is 296 g/mol. The number of nitrogens with zero attached hydrogens (tertiary/aromatic N) is 2. The fourth-order valence-electron chi connectivity index (χ4n) is 1.79. The molecule has 0 spiro atoms. The highest BCUT2D eigenvalue weighted by molar-refractivity contribution is 7.16. The summed E-state index contributed by atoms with van der Waals surface area (Å²) in [7, 11) is 0. The Hall–Kier alpha value is -1.85. The monoisotopic (exact) mass is 306 g/mol. The fourth-order valence-corrected chi connectivity index (χ4v) is 2.75. The molecule has 4 nitrogen and oxygen atoms in total. The number of aromatic nitrogens is 2. The van der Waals surface area contributed by atoms with Crippen molar-refractivity contribution in [1.29, 1.82) is 0 Å². The first kappa shape index (κ1) is 13.1. The first-order valence-electron chi connectivity index (χ1n) is 6.07. The lowest BCUT2D eigenvalue weighted by atomic mass is 10.3. The number of halogens is 1. The molecule has 0 fully saturated rings. The summed E-state index contributed by atoms with van der Waals surface area (Å²) in [6.07, 6.45) is 0. The highest BCUT2D eigenvalue weighted by atomic mass is 35.5. The molecule has 0 aliphatic heterocycles. The zero-order chi connectivity index (χ0) is 13.9. The third-order valence-electron chi connectivity index (χ3n) is 2.59. The highest BCUT2D eigenvalue weighted by Crippen LogP contribution is 2.32. The largest absolute Gasteiger partial charge is 0.494 e. The smallest absolute Gasteiger partial charge is 0.232 e. The van der Waals surface area contributed by atoms with Gasteiger partial charge in [-0.25, -0.2) is 4.98 Å². The number of rotatable bonds is 4. The second-order valence-electron chi connectivity index (χ2n) is 3.95. The lowest BCUT2D eigenvalue weighted by molar-refractivity contribution is 0.338. The second-order valence-corrected chi connectivity index (χ2v) is 5.18. The van der Waals surface area contributed by atoms with Gasteiger partial charge in [-0.05, 0) is 42.1 Å². The summed E-state index contributed by atoms with van der Waals surface area (Å²) in [6.45, 7) is 2.55. The van der Waals surface area contributed by atoms with Gasteiger partial charge in [0.25, 0.3) is 0 Å². The third kappa shape index (κ3) is 2.69. The Kier molecular flexibility index (Phi) is 3.71. The summed E-state index contributed by atoms with van der Waals surface area (Å²) >= 11 is 7.40. The maximum absolute atomic E-state index is 5.91. The molecular formula is C14H11ClN2O2S. The molecule has 0 atom stereocenters. The summed E-state index contributed by atoms with van der Waals surface area (Å²) in [4.78, 5) is 9.10. The Labute approximate surface area is 125 Å². The zero-order valence-electron chi connectivity index (χ0n) is 10.7. The predicted octanol–water partition coefficient (Wildman–Crippen LogP) is 4.54. The van der Waals surface area contributed by atoms with Crippen molar-refractivity contribution in [3.63, 3.8) is 0 Å². The first-order chi connectivity index (χ1) is 9.76. The quantitative estimate of drug-likeness (QED) is 0.664. The van der Waals surface area contributed by atoms with Gasteiger partial charge < -0.3 is 9.47 Å². The summed E-state index contributed by atoms with van der Waals surface area (Å²) in [5.41, 5.74) is 0. The number of thiophene rings is 1. The van der Waals surface area contributed by atoms with E-state index >= 15 is 0 Å². The van der Waals surface area contributed by atoms with E-state index in [0.717, 1.165) is 16.0 Å². The molecule has 3 aromatic rings. The van der Waals surface area contributed by atoms with Gasteiger partial charge in [-0.15, -0.1) is 11.3 Å². The Morgan fingerprint density at radius 1 is 1.20 bits per heavy atom.